The third kappa shape index (κ3) is 3.88. The highest BCUT2D eigenvalue weighted by Gasteiger charge is 2.15. The van der Waals surface area contributed by atoms with Gasteiger partial charge in [-0.15, -0.1) is 0 Å². The monoisotopic (exact) mass is 418 g/mol. The molecule has 2 aromatic carbocycles. The minimum Gasteiger partial charge on any atom is -0.457 e. The van der Waals surface area contributed by atoms with Crippen molar-refractivity contribution in [2.24, 2.45) is 0 Å². The summed E-state index contributed by atoms with van der Waals surface area (Å²) in [5.74, 6) is -0.381. The van der Waals surface area contributed by atoms with Crippen molar-refractivity contribution in [3.8, 4) is 11.4 Å². The largest absolute Gasteiger partial charge is 0.457 e. The van der Waals surface area contributed by atoms with Crippen LogP contribution in [-0.4, -0.2) is 15.9 Å². The van der Waals surface area contributed by atoms with E-state index in [1.165, 1.54) is 0 Å². The molecule has 0 aliphatic rings. The molecule has 2 heterocycles. The van der Waals surface area contributed by atoms with Gasteiger partial charge in [-0.3, -0.25) is 4.98 Å². The number of para-hydroxylation sites is 1. The van der Waals surface area contributed by atoms with Crippen molar-refractivity contribution >= 4 is 32.8 Å². The van der Waals surface area contributed by atoms with E-state index in [0.29, 0.717) is 17.0 Å². The number of hydrogen-bond acceptors (Lipinski definition) is 4. The molecule has 0 N–H and O–H groups in total. The molecule has 0 aliphatic carbocycles. The van der Waals surface area contributed by atoms with E-state index in [2.05, 4.69) is 25.9 Å². The van der Waals surface area contributed by atoms with E-state index in [9.17, 15) is 4.79 Å². The van der Waals surface area contributed by atoms with E-state index < -0.39 is 0 Å². The normalized spacial score (nSPS) is 10.7. The van der Waals surface area contributed by atoms with Gasteiger partial charge in [0.1, 0.15) is 6.61 Å². The van der Waals surface area contributed by atoms with E-state index in [4.69, 9.17) is 4.74 Å². The fourth-order valence-corrected chi connectivity index (χ4v) is 3.06. The van der Waals surface area contributed by atoms with E-state index in [1.807, 2.05) is 66.7 Å². The molecule has 0 atom stereocenters. The van der Waals surface area contributed by atoms with Crippen LogP contribution in [0.4, 0.5) is 0 Å². The lowest BCUT2D eigenvalue weighted by atomic mass is 10.1. The number of ether oxygens (including phenoxy) is 1. The Kier molecular flexibility index (Phi) is 4.94. The number of pyridine rings is 2. The average molecular weight is 419 g/mol. The van der Waals surface area contributed by atoms with Crippen LogP contribution in [0.15, 0.2) is 83.5 Å². The summed E-state index contributed by atoms with van der Waals surface area (Å²) in [6.45, 7) is 0.210. The number of nitrogens with zero attached hydrogens (tertiary/aromatic N) is 2. The molecule has 0 fully saturated rings. The van der Waals surface area contributed by atoms with Crippen molar-refractivity contribution in [1.82, 2.24) is 9.97 Å². The topological polar surface area (TPSA) is 52.1 Å². The predicted octanol–water partition coefficient (Wildman–Crippen LogP) is 5.42. The second-order valence-electron chi connectivity index (χ2n) is 5.99. The van der Waals surface area contributed by atoms with Gasteiger partial charge in [0.05, 0.1) is 22.5 Å². The smallest absolute Gasteiger partial charge is 0.339 e. The first-order valence-corrected chi connectivity index (χ1v) is 9.23. The fraction of sp³-hybridized carbons (Fsp3) is 0.0455. The van der Waals surface area contributed by atoms with Gasteiger partial charge in [0.2, 0.25) is 0 Å². The van der Waals surface area contributed by atoms with Crippen LogP contribution in [-0.2, 0) is 11.3 Å². The number of carbonyl (C=O) groups is 1. The van der Waals surface area contributed by atoms with Crippen molar-refractivity contribution in [2.45, 2.75) is 6.61 Å². The maximum Gasteiger partial charge on any atom is 0.339 e. The summed E-state index contributed by atoms with van der Waals surface area (Å²) in [5.41, 5.74) is 3.50. The third-order valence-corrected chi connectivity index (χ3v) is 4.68. The number of aromatic nitrogens is 2. The summed E-state index contributed by atoms with van der Waals surface area (Å²) in [5, 5.41) is 0.762. The summed E-state index contributed by atoms with van der Waals surface area (Å²) in [7, 11) is 0. The molecule has 132 valence electrons. The number of benzene rings is 2. The second-order valence-corrected chi connectivity index (χ2v) is 6.91. The molecule has 5 heteroatoms. The summed E-state index contributed by atoms with van der Waals surface area (Å²) < 4.78 is 6.53. The lowest BCUT2D eigenvalue weighted by molar-refractivity contribution is 0.0475. The Bertz CT molecular complexity index is 1100. The Balaban J connectivity index is 1.69. The van der Waals surface area contributed by atoms with Gasteiger partial charge in [-0.2, -0.15) is 0 Å². The summed E-state index contributed by atoms with van der Waals surface area (Å²) in [4.78, 5) is 21.8. The number of hydrogen-bond donors (Lipinski definition) is 0. The first kappa shape index (κ1) is 17.4. The number of fused-ring (bicyclic) bond motifs is 1. The van der Waals surface area contributed by atoms with Crippen LogP contribution in [0.5, 0.6) is 0 Å². The Labute approximate surface area is 165 Å². The van der Waals surface area contributed by atoms with E-state index >= 15 is 0 Å². The highest BCUT2D eigenvalue weighted by molar-refractivity contribution is 9.10. The van der Waals surface area contributed by atoms with E-state index in [0.717, 1.165) is 20.9 Å². The standard InChI is InChI=1S/C22H15BrN2O2/c23-16-10-8-15(9-11-16)14-27-22(26)18-13-21(20-7-3-4-12-24-20)25-19-6-2-1-5-17(18)19/h1-13H,14H2. The number of carbonyl (C=O) groups excluding carboxylic acids is 1. The van der Waals surface area contributed by atoms with Gasteiger partial charge < -0.3 is 4.74 Å². The molecule has 0 amide bonds. The molecule has 27 heavy (non-hydrogen) atoms. The molecule has 0 unspecified atom stereocenters. The fourth-order valence-electron chi connectivity index (χ4n) is 2.80. The first-order valence-electron chi connectivity index (χ1n) is 8.43. The summed E-state index contributed by atoms with van der Waals surface area (Å²) in [6.07, 6.45) is 1.71. The maximum absolute atomic E-state index is 12.8. The van der Waals surface area contributed by atoms with Gasteiger partial charge in [-0.1, -0.05) is 52.3 Å². The third-order valence-electron chi connectivity index (χ3n) is 4.15. The Hall–Kier alpha value is -3.05. The molecule has 4 rings (SSSR count). The van der Waals surface area contributed by atoms with Crippen molar-refractivity contribution < 1.29 is 9.53 Å². The highest BCUT2D eigenvalue weighted by Crippen LogP contribution is 2.24. The predicted molar refractivity (Wildman–Crippen MR) is 108 cm³/mol. The molecule has 4 nitrogen and oxygen atoms in total. The van der Waals surface area contributed by atoms with E-state index in [-0.39, 0.29) is 12.6 Å². The molecule has 2 aromatic heterocycles. The number of halogens is 1. The molecule has 0 saturated carbocycles. The van der Waals surface area contributed by atoms with Gasteiger partial charge in [0.15, 0.2) is 0 Å². The average Bonchev–Trinajstić information content (AvgIpc) is 2.73. The van der Waals surface area contributed by atoms with Crippen LogP contribution in [0, 0.1) is 0 Å². The Morgan fingerprint density at radius 2 is 1.70 bits per heavy atom. The Morgan fingerprint density at radius 3 is 2.48 bits per heavy atom. The SMILES string of the molecule is O=C(OCc1ccc(Br)cc1)c1cc(-c2ccccn2)nc2ccccc12. The molecular weight excluding hydrogens is 404 g/mol. The van der Waals surface area contributed by atoms with Crippen molar-refractivity contribution in [3.63, 3.8) is 0 Å². The van der Waals surface area contributed by atoms with Gasteiger partial charge in [-0.05, 0) is 42.0 Å². The zero-order chi connectivity index (χ0) is 18.6. The van der Waals surface area contributed by atoms with E-state index in [1.54, 1.807) is 12.3 Å². The van der Waals surface area contributed by atoms with Crippen LogP contribution < -0.4 is 0 Å². The van der Waals surface area contributed by atoms with Crippen LogP contribution in [0.2, 0.25) is 0 Å². The molecule has 0 radical (unpaired) electrons. The van der Waals surface area contributed by atoms with Crippen molar-refractivity contribution in [2.75, 3.05) is 0 Å². The van der Waals surface area contributed by atoms with Crippen LogP contribution >= 0.6 is 15.9 Å². The minimum absolute atomic E-state index is 0.210. The molecule has 0 saturated heterocycles. The number of rotatable bonds is 4. The van der Waals surface area contributed by atoms with Crippen molar-refractivity contribution in [3.05, 3.63) is 94.6 Å². The zero-order valence-electron chi connectivity index (χ0n) is 14.3. The van der Waals surface area contributed by atoms with Crippen LogP contribution in [0.3, 0.4) is 0 Å². The number of esters is 1. The summed E-state index contributed by atoms with van der Waals surface area (Å²) >= 11 is 3.40. The molecule has 0 aliphatic heterocycles. The van der Waals surface area contributed by atoms with Crippen LogP contribution in [0.1, 0.15) is 15.9 Å². The van der Waals surface area contributed by atoms with Gasteiger partial charge >= 0.3 is 5.97 Å². The second kappa shape index (κ2) is 7.68. The Morgan fingerprint density at radius 1 is 0.926 bits per heavy atom. The van der Waals surface area contributed by atoms with Crippen molar-refractivity contribution in [1.29, 1.82) is 0 Å². The van der Waals surface area contributed by atoms with Gasteiger partial charge in [0.25, 0.3) is 0 Å². The molecular formula is C22H15BrN2O2. The van der Waals surface area contributed by atoms with Gasteiger partial charge in [0, 0.05) is 16.1 Å². The molecule has 0 spiro atoms. The molecule has 0 bridgehead atoms. The van der Waals surface area contributed by atoms with Gasteiger partial charge in [-0.25, -0.2) is 9.78 Å². The highest BCUT2D eigenvalue weighted by atomic mass is 79.9. The minimum atomic E-state index is -0.381. The summed E-state index contributed by atoms with van der Waals surface area (Å²) in [6, 6.07) is 22.6. The lowest BCUT2D eigenvalue weighted by Gasteiger charge is -2.10. The maximum atomic E-state index is 12.8. The first-order chi connectivity index (χ1) is 13.2. The van der Waals surface area contributed by atoms with Crippen LogP contribution in [0.25, 0.3) is 22.3 Å². The molecule has 4 aromatic rings. The zero-order valence-corrected chi connectivity index (χ0v) is 15.9. The lowest BCUT2D eigenvalue weighted by Crippen LogP contribution is -2.07. The quantitative estimate of drug-likeness (QED) is 0.415.